The fourth-order valence-corrected chi connectivity index (χ4v) is 2.29. The molecule has 0 aromatic heterocycles. The van der Waals surface area contributed by atoms with Gasteiger partial charge < -0.3 is 10.6 Å². The second-order valence-electron chi connectivity index (χ2n) is 5.03. The topological polar surface area (TPSA) is 41.1 Å². The fourth-order valence-electron chi connectivity index (χ4n) is 2.29. The molecule has 1 aromatic rings. The number of rotatable bonds is 3. The summed E-state index contributed by atoms with van der Waals surface area (Å²) in [5.74, 6) is 0.108. The summed E-state index contributed by atoms with van der Waals surface area (Å²) >= 11 is 0. The Labute approximate surface area is 103 Å². The maximum atomic E-state index is 12.1. The largest absolute Gasteiger partial charge is 0.350 e. The van der Waals surface area contributed by atoms with Gasteiger partial charge in [-0.1, -0.05) is 29.8 Å². The van der Waals surface area contributed by atoms with Gasteiger partial charge >= 0.3 is 0 Å². The summed E-state index contributed by atoms with van der Waals surface area (Å²) in [5, 5.41) is 6.28. The minimum absolute atomic E-state index is 0.108. The predicted molar refractivity (Wildman–Crippen MR) is 68.7 cm³/mol. The first-order valence-corrected chi connectivity index (χ1v) is 6.19. The maximum Gasteiger partial charge on any atom is 0.240 e. The zero-order chi connectivity index (χ0) is 12.3. The van der Waals surface area contributed by atoms with Gasteiger partial charge in [0.2, 0.25) is 5.91 Å². The van der Waals surface area contributed by atoms with Crippen LogP contribution in [0.4, 0.5) is 0 Å². The van der Waals surface area contributed by atoms with Crippen LogP contribution in [0, 0.1) is 6.92 Å². The number of benzene rings is 1. The molecule has 2 N–H and O–H groups in total. The van der Waals surface area contributed by atoms with Crippen molar-refractivity contribution in [2.45, 2.75) is 38.8 Å². The van der Waals surface area contributed by atoms with Crippen molar-refractivity contribution in [3.05, 3.63) is 35.4 Å². The molecule has 1 heterocycles. The van der Waals surface area contributed by atoms with Crippen LogP contribution in [0.1, 0.15) is 30.9 Å². The third-order valence-corrected chi connectivity index (χ3v) is 3.41. The van der Waals surface area contributed by atoms with Crippen molar-refractivity contribution in [1.82, 2.24) is 10.6 Å². The first kappa shape index (κ1) is 12.1. The lowest BCUT2D eigenvalue weighted by molar-refractivity contribution is -0.126. The third kappa shape index (κ3) is 2.86. The highest BCUT2D eigenvalue weighted by Gasteiger charge is 2.35. The highest BCUT2D eigenvalue weighted by molar-refractivity contribution is 5.86. The molecular weight excluding hydrogens is 212 g/mol. The number of aryl methyl sites for hydroxylation is 1. The fraction of sp³-hybridized carbons (Fsp3) is 0.500. The summed E-state index contributed by atoms with van der Waals surface area (Å²) in [6, 6.07) is 8.22. The van der Waals surface area contributed by atoms with E-state index in [2.05, 4.69) is 29.7 Å². The van der Waals surface area contributed by atoms with E-state index in [1.54, 1.807) is 0 Å². The maximum absolute atomic E-state index is 12.1. The standard InChI is InChI=1S/C14H20N2O/c1-11-5-3-6-12(9-11)10-15-13(17)14(2)7-4-8-16-14/h3,5-6,9,16H,4,7-8,10H2,1-2H3,(H,15,17). The number of carbonyl (C=O) groups excluding carboxylic acids is 1. The van der Waals surface area contributed by atoms with Crippen molar-refractivity contribution < 1.29 is 4.79 Å². The number of amides is 1. The Kier molecular flexibility index (Phi) is 3.48. The van der Waals surface area contributed by atoms with E-state index in [0.717, 1.165) is 24.9 Å². The number of hydrogen-bond donors (Lipinski definition) is 2. The van der Waals surface area contributed by atoms with Crippen molar-refractivity contribution in [1.29, 1.82) is 0 Å². The van der Waals surface area contributed by atoms with Gasteiger partial charge in [0, 0.05) is 6.54 Å². The quantitative estimate of drug-likeness (QED) is 0.833. The Hall–Kier alpha value is -1.35. The molecule has 1 atom stereocenters. The van der Waals surface area contributed by atoms with Gasteiger partial charge in [0.1, 0.15) is 0 Å². The van der Waals surface area contributed by atoms with Crippen molar-refractivity contribution in [2.24, 2.45) is 0 Å². The molecule has 3 heteroatoms. The normalized spacial score (nSPS) is 23.6. The zero-order valence-corrected chi connectivity index (χ0v) is 10.5. The molecule has 1 unspecified atom stereocenters. The van der Waals surface area contributed by atoms with Crippen LogP contribution >= 0.6 is 0 Å². The summed E-state index contributed by atoms with van der Waals surface area (Å²) in [6.07, 6.45) is 2.00. The highest BCUT2D eigenvalue weighted by atomic mass is 16.2. The molecule has 1 aromatic carbocycles. The molecule has 0 aliphatic carbocycles. The van der Waals surface area contributed by atoms with E-state index in [1.807, 2.05) is 19.1 Å². The van der Waals surface area contributed by atoms with Gasteiger partial charge in [0.05, 0.1) is 5.54 Å². The minimum atomic E-state index is -0.371. The van der Waals surface area contributed by atoms with Crippen LogP contribution in [0.5, 0.6) is 0 Å². The summed E-state index contributed by atoms with van der Waals surface area (Å²) in [6.45, 7) is 5.59. The molecule has 0 bridgehead atoms. The average Bonchev–Trinajstić information content (AvgIpc) is 2.74. The van der Waals surface area contributed by atoms with E-state index >= 15 is 0 Å². The molecular formula is C14H20N2O. The molecule has 2 rings (SSSR count). The molecule has 0 saturated carbocycles. The third-order valence-electron chi connectivity index (χ3n) is 3.41. The van der Waals surface area contributed by atoms with E-state index in [1.165, 1.54) is 5.56 Å². The van der Waals surface area contributed by atoms with Gasteiger partial charge in [-0.15, -0.1) is 0 Å². The average molecular weight is 232 g/mol. The predicted octanol–water partition coefficient (Wildman–Crippen LogP) is 1.75. The molecule has 1 aliphatic heterocycles. The summed E-state index contributed by atoms with van der Waals surface area (Å²) in [4.78, 5) is 12.1. The summed E-state index contributed by atoms with van der Waals surface area (Å²) in [5.41, 5.74) is 2.01. The van der Waals surface area contributed by atoms with Crippen LogP contribution < -0.4 is 10.6 Å². The van der Waals surface area contributed by atoms with Gasteiger partial charge in [-0.3, -0.25) is 4.79 Å². The lowest BCUT2D eigenvalue weighted by atomic mass is 9.99. The van der Waals surface area contributed by atoms with Crippen LogP contribution in [-0.4, -0.2) is 18.0 Å². The molecule has 1 aliphatic rings. The summed E-state index contributed by atoms with van der Waals surface area (Å²) in [7, 11) is 0. The minimum Gasteiger partial charge on any atom is -0.350 e. The first-order chi connectivity index (χ1) is 8.10. The van der Waals surface area contributed by atoms with E-state index in [-0.39, 0.29) is 11.4 Å². The van der Waals surface area contributed by atoms with Crippen LogP contribution in [-0.2, 0) is 11.3 Å². The zero-order valence-electron chi connectivity index (χ0n) is 10.5. The monoisotopic (exact) mass is 232 g/mol. The lowest BCUT2D eigenvalue weighted by Crippen LogP contribution is -2.50. The van der Waals surface area contributed by atoms with Crippen LogP contribution in [0.25, 0.3) is 0 Å². The molecule has 92 valence electrons. The van der Waals surface area contributed by atoms with E-state index in [4.69, 9.17) is 0 Å². The Morgan fingerprint density at radius 3 is 3.00 bits per heavy atom. The molecule has 3 nitrogen and oxygen atoms in total. The molecule has 17 heavy (non-hydrogen) atoms. The smallest absolute Gasteiger partial charge is 0.240 e. The molecule has 1 amide bonds. The summed E-state index contributed by atoms with van der Waals surface area (Å²) < 4.78 is 0. The van der Waals surface area contributed by atoms with Gasteiger partial charge in [0.25, 0.3) is 0 Å². The highest BCUT2D eigenvalue weighted by Crippen LogP contribution is 2.18. The Balaban J connectivity index is 1.92. The number of carbonyl (C=O) groups is 1. The van der Waals surface area contributed by atoms with Gasteiger partial charge in [-0.05, 0) is 38.8 Å². The van der Waals surface area contributed by atoms with Crippen molar-refractivity contribution in [3.8, 4) is 0 Å². The number of nitrogens with one attached hydrogen (secondary N) is 2. The second kappa shape index (κ2) is 4.88. The molecule has 0 spiro atoms. The SMILES string of the molecule is Cc1cccc(CNC(=O)C2(C)CCCN2)c1. The van der Waals surface area contributed by atoms with Gasteiger partial charge in [0.15, 0.2) is 0 Å². The number of hydrogen-bond acceptors (Lipinski definition) is 2. The van der Waals surface area contributed by atoms with Crippen molar-refractivity contribution in [3.63, 3.8) is 0 Å². The Morgan fingerprint density at radius 2 is 2.35 bits per heavy atom. The van der Waals surface area contributed by atoms with Crippen LogP contribution in [0.2, 0.25) is 0 Å². The first-order valence-electron chi connectivity index (χ1n) is 6.19. The van der Waals surface area contributed by atoms with Gasteiger partial charge in [-0.25, -0.2) is 0 Å². The van der Waals surface area contributed by atoms with Crippen LogP contribution in [0.15, 0.2) is 24.3 Å². The Morgan fingerprint density at radius 1 is 1.53 bits per heavy atom. The molecule has 1 fully saturated rings. The molecule has 1 saturated heterocycles. The Bertz CT molecular complexity index is 408. The van der Waals surface area contributed by atoms with E-state index in [0.29, 0.717) is 6.54 Å². The van der Waals surface area contributed by atoms with Gasteiger partial charge in [-0.2, -0.15) is 0 Å². The van der Waals surface area contributed by atoms with Crippen LogP contribution in [0.3, 0.4) is 0 Å². The van der Waals surface area contributed by atoms with E-state index in [9.17, 15) is 4.79 Å². The lowest BCUT2D eigenvalue weighted by Gasteiger charge is -2.23. The van der Waals surface area contributed by atoms with Crippen molar-refractivity contribution >= 4 is 5.91 Å². The second-order valence-corrected chi connectivity index (χ2v) is 5.03. The van der Waals surface area contributed by atoms with E-state index < -0.39 is 0 Å². The van der Waals surface area contributed by atoms with Crippen molar-refractivity contribution in [2.75, 3.05) is 6.54 Å². The molecule has 0 radical (unpaired) electrons.